The van der Waals surface area contributed by atoms with E-state index in [4.69, 9.17) is 17.9 Å². The van der Waals surface area contributed by atoms with Crippen LogP contribution in [0.5, 0.6) is 11.5 Å². The van der Waals surface area contributed by atoms with E-state index in [9.17, 15) is 0 Å². The smallest absolute Gasteiger partial charge is 0.135 e. The van der Waals surface area contributed by atoms with Gasteiger partial charge in [-0.2, -0.15) is 12.1 Å². The predicted octanol–water partition coefficient (Wildman–Crippen LogP) is 20.8. The fourth-order valence-electron chi connectivity index (χ4n) is 12.2. The summed E-state index contributed by atoms with van der Waals surface area (Å²) in [6, 6.07) is 60.9. The van der Waals surface area contributed by atoms with Crippen LogP contribution in [0.25, 0.3) is 61.0 Å². The molecule has 0 saturated heterocycles. The van der Waals surface area contributed by atoms with Crippen LogP contribution in [0, 0.1) is 32.5 Å². The second-order valence-corrected chi connectivity index (χ2v) is 26.9. The third kappa shape index (κ3) is 10.2. The molecule has 0 unspecified atom stereocenters. The van der Waals surface area contributed by atoms with Crippen LogP contribution in [0.15, 0.2) is 164 Å². The number of aromatic nitrogens is 2. The van der Waals surface area contributed by atoms with Gasteiger partial charge in [0.1, 0.15) is 5.82 Å². The molecule has 0 spiro atoms. The summed E-state index contributed by atoms with van der Waals surface area (Å²) in [4.78, 5) is 9.60. The first-order valence-electron chi connectivity index (χ1n) is 31.6. The van der Waals surface area contributed by atoms with Gasteiger partial charge < -0.3 is 19.1 Å². The van der Waals surface area contributed by atoms with Crippen LogP contribution in [-0.2, 0) is 48.1 Å². The van der Waals surface area contributed by atoms with E-state index in [0.29, 0.717) is 33.9 Å². The third-order valence-electron chi connectivity index (χ3n) is 17.0. The van der Waals surface area contributed by atoms with Gasteiger partial charge in [0.15, 0.2) is 0 Å². The Kier molecular flexibility index (Phi) is 12.4. The number of benzene rings is 8. The van der Waals surface area contributed by atoms with Crippen molar-refractivity contribution in [3.63, 3.8) is 0 Å². The van der Waals surface area contributed by atoms with E-state index in [1.54, 1.807) is 24.4 Å². The number of para-hydroxylation sites is 2. The van der Waals surface area contributed by atoms with Gasteiger partial charge in [-0.05, 0) is 151 Å². The summed E-state index contributed by atoms with van der Waals surface area (Å²) in [5.74, 6) is 1.13. The Bertz CT molecular complexity index is 4310. The van der Waals surface area contributed by atoms with Crippen LogP contribution in [0.1, 0.15) is 150 Å². The molecule has 0 radical (unpaired) electrons. The molecule has 1 aliphatic heterocycles. The Morgan fingerprint density at radius 3 is 1.85 bits per heavy atom. The number of pyridine rings is 1. The number of fused-ring (bicyclic) bond motifs is 5. The van der Waals surface area contributed by atoms with Crippen LogP contribution in [-0.4, -0.2) is 9.55 Å². The Morgan fingerprint density at radius 1 is 0.549 bits per heavy atom. The Labute approximate surface area is 511 Å². The average molecular weight is 1260 g/mol. The van der Waals surface area contributed by atoms with Gasteiger partial charge >= 0.3 is 0 Å². The first kappa shape index (κ1) is 49.4. The zero-order chi connectivity index (χ0) is 62.1. The van der Waals surface area contributed by atoms with Crippen molar-refractivity contribution >= 4 is 44.6 Å². The molecule has 0 N–H and O–H groups in total. The van der Waals surface area contributed by atoms with Crippen molar-refractivity contribution in [1.82, 2.24) is 9.55 Å². The molecule has 82 heavy (non-hydrogen) atoms. The maximum Gasteiger partial charge on any atom is 0.135 e. The molecule has 0 amide bonds. The summed E-state index contributed by atoms with van der Waals surface area (Å²) in [5.41, 5.74) is 16.6. The topological polar surface area (TPSA) is 33.5 Å². The maximum absolute atomic E-state index is 9.03. The minimum Gasteiger partial charge on any atom is -0.509 e. The van der Waals surface area contributed by atoms with Gasteiger partial charge in [-0.1, -0.05) is 187 Å². The van der Waals surface area contributed by atoms with E-state index in [0.717, 1.165) is 79.7 Å². The van der Waals surface area contributed by atoms with E-state index in [-0.39, 0.29) is 59.3 Å². The second kappa shape index (κ2) is 20.6. The zero-order valence-corrected chi connectivity index (χ0v) is 51.9. The summed E-state index contributed by atoms with van der Waals surface area (Å²) < 4.78 is 61.0. The van der Waals surface area contributed by atoms with Crippen LogP contribution < -0.4 is 14.5 Å². The Morgan fingerprint density at radius 2 is 1.17 bits per heavy atom. The second-order valence-electron chi connectivity index (χ2n) is 26.9. The van der Waals surface area contributed by atoms with Gasteiger partial charge in [-0.15, -0.1) is 48.1 Å². The largest absolute Gasteiger partial charge is 0.509 e. The quantitative estimate of drug-likeness (QED) is 0.142. The summed E-state index contributed by atoms with van der Waals surface area (Å²) in [5, 5.41) is 1.52. The van der Waals surface area contributed by atoms with E-state index in [1.807, 2.05) is 53.1 Å². The number of hydrogen-bond acceptors (Lipinski definition) is 4. The summed E-state index contributed by atoms with van der Waals surface area (Å²) in [7, 11) is 0. The van der Waals surface area contributed by atoms with Crippen LogP contribution >= 0.6 is 0 Å². The zero-order valence-electron chi connectivity index (χ0n) is 55.6. The average Bonchev–Trinajstić information content (AvgIpc) is 2.15. The number of aryl methyl sites for hydroxylation is 2. The molecule has 0 saturated carbocycles. The summed E-state index contributed by atoms with van der Waals surface area (Å²) >= 11 is 0. The molecule has 12 rings (SSSR count). The molecular formula is C76H77N4OPt-3. The summed E-state index contributed by atoms with van der Waals surface area (Å²) in [6.45, 7) is 26.8. The fourth-order valence-corrected chi connectivity index (χ4v) is 12.2. The van der Waals surface area contributed by atoms with Crippen molar-refractivity contribution in [3.8, 4) is 50.7 Å². The van der Waals surface area contributed by atoms with Crippen molar-refractivity contribution in [1.29, 1.82) is 0 Å². The number of nitrogens with zero attached hydrogens (tertiary/aromatic N) is 4. The first-order chi connectivity index (χ1) is 40.8. The Balaban J connectivity index is 0.00000800. The fraction of sp³-hybridized carbons (Fsp3) is 0.289. The van der Waals surface area contributed by atoms with E-state index >= 15 is 0 Å². The van der Waals surface area contributed by atoms with Gasteiger partial charge in [0.05, 0.1) is 0 Å². The van der Waals surface area contributed by atoms with Gasteiger partial charge in [0.25, 0.3) is 0 Å². The maximum atomic E-state index is 9.03. The van der Waals surface area contributed by atoms with Crippen molar-refractivity contribution in [2.75, 3.05) is 9.80 Å². The first-order valence-corrected chi connectivity index (χ1v) is 28.6. The molecule has 0 fully saturated rings. The van der Waals surface area contributed by atoms with Crippen molar-refractivity contribution in [3.05, 3.63) is 222 Å². The predicted molar refractivity (Wildman–Crippen MR) is 341 cm³/mol. The van der Waals surface area contributed by atoms with Gasteiger partial charge in [0.2, 0.25) is 0 Å². The molecule has 8 aromatic carbocycles. The number of hydrogen-bond donors (Lipinski definition) is 0. The van der Waals surface area contributed by atoms with Crippen molar-refractivity contribution < 1.29 is 34.0 Å². The number of rotatable bonds is 8. The van der Waals surface area contributed by atoms with Crippen LogP contribution in [0.2, 0.25) is 0 Å². The normalized spacial score (nSPS) is 16.3. The standard InChI is InChI=1S/C76H77N4O.Pt/c1-48-31-33-58-59-34-32-57(45-68(59)80(67(58)37-48)69-38-49(2)63(46-77-69)60-27-22-28-64-70(60)76(14,15)36-35-75(64,12)13)81-56-26-21-25-55(44-56)78-47-79(66-30-20-19-29-65(66)78)71-61(50-23-17-16-18-24-50)42-54(74(9,10)11)43-62(71)51-39-52(72(3,4)5)41-53(40-51)73(6,7)8;/h16-34,37-43,46-47H,35-36H2,1-15H3;/q-3;/i1D3,2D3;. The van der Waals surface area contributed by atoms with Gasteiger partial charge in [-0.25, -0.2) is 4.98 Å². The number of ether oxygens (including phenoxy) is 1. The summed E-state index contributed by atoms with van der Waals surface area (Å²) in [6.07, 6.45) is 3.65. The molecule has 0 bridgehead atoms. The molecule has 2 aliphatic rings. The van der Waals surface area contributed by atoms with E-state index in [2.05, 4.69) is 210 Å². The number of anilines is 4. The third-order valence-corrected chi connectivity index (χ3v) is 17.0. The van der Waals surface area contributed by atoms with Gasteiger partial charge in [0, 0.05) is 86.3 Å². The molecule has 5 nitrogen and oxygen atoms in total. The van der Waals surface area contributed by atoms with E-state index in [1.165, 1.54) is 22.3 Å². The monoisotopic (exact) mass is 1260 g/mol. The van der Waals surface area contributed by atoms with Crippen molar-refractivity contribution in [2.24, 2.45) is 0 Å². The molecular weight excluding hydrogens is 1180 g/mol. The van der Waals surface area contributed by atoms with Crippen LogP contribution in [0.3, 0.4) is 0 Å². The molecule has 1 aliphatic carbocycles. The SMILES string of the molecule is [2H]C([2H])([2H])c1ccc2c3ccc(Oc4[c-]c(N5[CH-]N(c6c(-c7ccccc7)cc(C(C)(C)C)cc6-c6cc(C(C)(C)C)cc(C(C)(C)C)c6)c6ccccc65)ccc4)[c-]c3n(-c3cc(C([2H])([2H])[2H])c(-c4cccc5c4C(C)(C)CCC5(C)C)cn3)c2c1.[Pt]. The van der Waals surface area contributed by atoms with Gasteiger partial charge in [-0.3, -0.25) is 0 Å². The molecule has 0 atom stereocenters. The van der Waals surface area contributed by atoms with Crippen LogP contribution in [0.4, 0.5) is 22.7 Å². The Hall–Kier alpha value is -7.20. The molecule has 2 aromatic heterocycles. The van der Waals surface area contributed by atoms with Crippen molar-refractivity contribution in [2.45, 2.75) is 144 Å². The molecule has 3 heterocycles. The van der Waals surface area contributed by atoms with E-state index < -0.39 is 13.7 Å². The minimum absolute atomic E-state index is 0. The minimum atomic E-state index is -2.53. The molecule has 6 heteroatoms. The molecule has 420 valence electrons. The molecule has 10 aromatic rings.